The van der Waals surface area contributed by atoms with Gasteiger partial charge in [0.25, 0.3) is 0 Å². The van der Waals surface area contributed by atoms with E-state index in [1.54, 1.807) is 31.3 Å². The minimum atomic E-state index is -1.31. The lowest BCUT2D eigenvalue weighted by atomic mass is 10.2. The van der Waals surface area contributed by atoms with Gasteiger partial charge in [-0.2, -0.15) is 0 Å². The van der Waals surface area contributed by atoms with E-state index in [2.05, 4.69) is 27.4 Å². The first kappa shape index (κ1) is 14.1. The summed E-state index contributed by atoms with van der Waals surface area (Å²) in [6.07, 6.45) is 1.20. The van der Waals surface area contributed by atoms with E-state index in [-0.39, 0.29) is 5.91 Å². The Morgan fingerprint density at radius 2 is 2.15 bits per heavy atom. The van der Waals surface area contributed by atoms with Crippen molar-refractivity contribution < 1.29 is 9.00 Å². The van der Waals surface area contributed by atoms with Crippen LogP contribution in [0.15, 0.2) is 42.1 Å². The molecule has 0 fully saturated rings. The summed E-state index contributed by atoms with van der Waals surface area (Å²) in [5.74, 6) is 0.0377. The lowest BCUT2D eigenvalue weighted by Crippen LogP contribution is -2.07. The highest BCUT2D eigenvalue weighted by molar-refractivity contribution is 7.84. The molecule has 1 aromatic heterocycles. The molecule has 0 saturated heterocycles. The number of carbonyl (C=O) groups is 1. The zero-order valence-corrected chi connectivity index (χ0v) is 11.6. The number of tetrazole rings is 1. The van der Waals surface area contributed by atoms with Gasteiger partial charge in [0, 0.05) is 12.7 Å². The number of carbonyl (C=O) groups excluding carboxylic acids is 1. The second-order valence-electron chi connectivity index (χ2n) is 3.97. The van der Waals surface area contributed by atoms with E-state index >= 15 is 0 Å². The van der Waals surface area contributed by atoms with Crippen molar-refractivity contribution in [2.75, 3.05) is 5.32 Å². The maximum Gasteiger partial charge on any atom is 0.247 e. The van der Waals surface area contributed by atoms with Crippen molar-refractivity contribution >= 4 is 22.4 Å². The van der Waals surface area contributed by atoms with Gasteiger partial charge in [-0.1, -0.05) is 23.8 Å². The largest absolute Gasteiger partial charge is 0.323 e. The van der Waals surface area contributed by atoms with Crippen molar-refractivity contribution in [2.45, 2.75) is 10.9 Å². The summed E-state index contributed by atoms with van der Waals surface area (Å²) < 4.78 is 13.5. The third-order valence-corrected chi connectivity index (χ3v) is 3.84. The standard InChI is InChI=1S/C12H13N5O2S/c1-3-11(18)13-10-6-4-9(5-7-10)8-20(19)12-14-15-16-17(12)2/h3-7H,1,8H2,2H3,(H,13,18). The van der Waals surface area contributed by atoms with Crippen molar-refractivity contribution in [2.24, 2.45) is 7.05 Å². The molecular formula is C12H13N5O2S. The molecule has 1 amide bonds. The topological polar surface area (TPSA) is 89.8 Å². The Morgan fingerprint density at radius 1 is 1.45 bits per heavy atom. The summed E-state index contributed by atoms with van der Waals surface area (Å²) in [7, 11) is 0.330. The van der Waals surface area contributed by atoms with E-state index < -0.39 is 10.8 Å². The monoisotopic (exact) mass is 291 g/mol. The Morgan fingerprint density at radius 3 is 2.70 bits per heavy atom. The van der Waals surface area contributed by atoms with Crippen LogP contribution in [0, 0.1) is 0 Å². The smallest absolute Gasteiger partial charge is 0.247 e. The molecule has 1 aromatic carbocycles. The fourth-order valence-electron chi connectivity index (χ4n) is 1.51. The van der Waals surface area contributed by atoms with Gasteiger partial charge in [0.15, 0.2) is 0 Å². The van der Waals surface area contributed by atoms with E-state index in [1.165, 1.54) is 10.8 Å². The average molecular weight is 291 g/mol. The zero-order valence-electron chi connectivity index (χ0n) is 10.8. The summed E-state index contributed by atoms with van der Waals surface area (Å²) in [5.41, 5.74) is 1.52. The molecule has 0 aliphatic rings. The van der Waals surface area contributed by atoms with Crippen LogP contribution >= 0.6 is 0 Å². The number of nitrogens with one attached hydrogen (secondary N) is 1. The first-order valence-corrected chi connectivity index (χ1v) is 7.05. The van der Waals surface area contributed by atoms with Crippen molar-refractivity contribution in [3.63, 3.8) is 0 Å². The van der Waals surface area contributed by atoms with Crippen LogP contribution in [0.3, 0.4) is 0 Å². The Kier molecular flexibility index (Phi) is 4.36. The molecule has 20 heavy (non-hydrogen) atoms. The third-order valence-electron chi connectivity index (χ3n) is 2.49. The van der Waals surface area contributed by atoms with Crippen LogP contribution in [0.5, 0.6) is 0 Å². The van der Waals surface area contributed by atoms with Crippen LogP contribution in [0.25, 0.3) is 0 Å². The number of rotatable bonds is 5. The fraction of sp³-hybridized carbons (Fsp3) is 0.167. The molecule has 1 heterocycles. The molecule has 1 N–H and O–H groups in total. The number of anilines is 1. The van der Waals surface area contributed by atoms with Crippen LogP contribution in [0.4, 0.5) is 5.69 Å². The molecule has 0 saturated carbocycles. The molecule has 0 radical (unpaired) electrons. The lowest BCUT2D eigenvalue weighted by Gasteiger charge is -2.04. The summed E-state index contributed by atoms with van der Waals surface area (Å²) in [5, 5.41) is 13.8. The first-order valence-electron chi connectivity index (χ1n) is 5.73. The molecule has 2 rings (SSSR count). The molecular weight excluding hydrogens is 278 g/mol. The number of aryl methyl sites for hydroxylation is 1. The van der Waals surface area contributed by atoms with Gasteiger partial charge in [-0.15, -0.1) is 0 Å². The second kappa shape index (κ2) is 6.20. The number of hydrogen-bond donors (Lipinski definition) is 1. The van der Waals surface area contributed by atoms with Crippen LogP contribution in [-0.4, -0.2) is 30.3 Å². The molecule has 104 valence electrons. The number of nitrogens with zero attached hydrogens (tertiary/aromatic N) is 4. The normalized spacial score (nSPS) is 11.8. The van der Waals surface area contributed by atoms with Crippen LogP contribution in [0.2, 0.25) is 0 Å². The van der Waals surface area contributed by atoms with Crippen LogP contribution in [-0.2, 0) is 28.4 Å². The number of amides is 1. The Bertz CT molecular complexity index is 650. The van der Waals surface area contributed by atoms with Gasteiger partial charge in [0.1, 0.15) is 0 Å². The molecule has 1 unspecified atom stereocenters. The van der Waals surface area contributed by atoms with Gasteiger partial charge in [-0.25, -0.2) is 4.68 Å². The first-order chi connectivity index (χ1) is 9.60. The maximum absolute atomic E-state index is 12.1. The van der Waals surface area contributed by atoms with Crippen LogP contribution < -0.4 is 5.32 Å². The fourth-order valence-corrected chi connectivity index (χ4v) is 2.59. The highest BCUT2D eigenvalue weighted by Crippen LogP contribution is 2.13. The molecule has 0 bridgehead atoms. The SMILES string of the molecule is C=CC(=O)Nc1ccc(CS(=O)c2nnnn2C)cc1. The second-order valence-corrected chi connectivity index (χ2v) is 5.31. The average Bonchev–Trinajstić information content (AvgIpc) is 2.87. The van der Waals surface area contributed by atoms with Gasteiger partial charge < -0.3 is 5.32 Å². The molecule has 1 atom stereocenters. The lowest BCUT2D eigenvalue weighted by molar-refractivity contribution is -0.111. The molecule has 0 aliphatic heterocycles. The molecule has 0 spiro atoms. The van der Waals surface area contributed by atoms with E-state index in [9.17, 15) is 9.00 Å². The number of benzene rings is 1. The van der Waals surface area contributed by atoms with E-state index in [0.29, 0.717) is 16.6 Å². The van der Waals surface area contributed by atoms with Crippen molar-refractivity contribution in [3.8, 4) is 0 Å². The van der Waals surface area contributed by atoms with Gasteiger partial charge in [0.05, 0.1) is 16.6 Å². The minimum absolute atomic E-state index is 0.272. The predicted molar refractivity (Wildman–Crippen MR) is 74.2 cm³/mol. The van der Waals surface area contributed by atoms with Gasteiger partial charge in [-0.3, -0.25) is 9.00 Å². The van der Waals surface area contributed by atoms with Crippen molar-refractivity contribution in [3.05, 3.63) is 42.5 Å². The quantitative estimate of drug-likeness (QED) is 0.817. The molecule has 7 nitrogen and oxygen atoms in total. The van der Waals surface area contributed by atoms with E-state index in [0.717, 1.165) is 5.56 Å². The van der Waals surface area contributed by atoms with E-state index in [4.69, 9.17) is 0 Å². The number of hydrogen-bond acceptors (Lipinski definition) is 5. The third kappa shape index (κ3) is 3.35. The molecule has 8 heteroatoms. The predicted octanol–water partition coefficient (Wildman–Crippen LogP) is 0.642. The minimum Gasteiger partial charge on any atom is -0.323 e. The van der Waals surface area contributed by atoms with Gasteiger partial charge >= 0.3 is 0 Å². The van der Waals surface area contributed by atoms with Crippen molar-refractivity contribution in [1.29, 1.82) is 0 Å². The highest BCUT2D eigenvalue weighted by atomic mass is 32.2. The number of aromatic nitrogens is 4. The summed E-state index contributed by atoms with van der Waals surface area (Å²) in [6.45, 7) is 3.38. The highest BCUT2D eigenvalue weighted by Gasteiger charge is 2.12. The summed E-state index contributed by atoms with van der Waals surface area (Å²) in [4.78, 5) is 11.1. The Balaban J connectivity index is 2.04. The summed E-state index contributed by atoms with van der Waals surface area (Å²) in [6, 6.07) is 7.06. The zero-order chi connectivity index (χ0) is 14.5. The van der Waals surface area contributed by atoms with E-state index in [1.807, 2.05) is 0 Å². The van der Waals surface area contributed by atoms with Gasteiger partial charge in [0.2, 0.25) is 11.1 Å². The maximum atomic E-state index is 12.1. The Labute approximate surface area is 118 Å². The summed E-state index contributed by atoms with van der Waals surface area (Å²) >= 11 is 0. The van der Waals surface area contributed by atoms with Crippen LogP contribution in [0.1, 0.15) is 5.56 Å². The van der Waals surface area contributed by atoms with Gasteiger partial charge in [-0.05, 0) is 34.2 Å². The van der Waals surface area contributed by atoms with Crippen molar-refractivity contribution in [1.82, 2.24) is 20.2 Å². The molecule has 2 aromatic rings. The Hall–Kier alpha value is -2.35. The molecule has 0 aliphatic carbocycles.